The van der Waals surface area contributed by atoms with Crippen LogP contribution in [0.15, 0.2) is 135 Å². The molecule has 105 heavy (non-hydrogen) atoms. The molecule has 1 N–H and O–H groups in total. The van der Waals surface area contributed by atoms with Gasteiger partial charge in [-0.25, -0.2) is 37.4 Å². The Kier molecular flexibility index (Phi) is 29.6. The summed E-state index contributed by atoms with van der Waals surface area (Å²) >= 11 is 12.7. The Balaban J connectivity index is 0.000000243. The van der Waals surface area contributed by atoms with Gasteiger partial charge in [-0.05, 0) is 119 Å². The molecule has 0 unspecified atom stereocenters. The number of benzene rings is 4. The molecule has 0 amide bonds. The SMILES string of the molecule is C.C.Cn1c(C(F)(F)F)cc(=O)n(-c2ccc3snc(C(Br)Br)c3c2)c1=O.Cn1c(C(F)(F)F)cc(=O)n(-c2ccc3snc(C=O)c3c2)c1=O.Cn1c(C(F)(F)F)cc(=O)n(-c2ccc3snc(CBr)c3c2)c1=O.Cn1c(C(F)(F)F)cc(=O)n(-c2ccc3snc(CO)c3c2)c1=O.F[B]F.[F][Ag][F]. The fourth-order valence-electron chi connectivity index (χ4n) is 9.39. The summed E-state index contributed by atoms with van der Waals surface area (Å²) in [5.41, 5.74) is -11.4. The first-order valence-corrected chi connectivity index (χ1v) is 34.2. The predicted molar refractivity (Wildman–Crippen MR) is 370 cm³/mol. The average Bonchev–Trinajstić information content (AvgIpc) is 1.74. The number of fused-ring (bicyclic) bond motifs is 4. The topological polar surface area (TPSA) is 265 Å². The van der Waals surface area contributed by atoms with Crippen LogP contribution in [-0.2, 0) is 85.7 Å². The van der Waals surface area contributed by atoms with E-state index in [2.05, 4.69) is 65.3 Å². The molecule has 8 aromatic heterocycles. The number of alkyl halides is 15. The van der Waals surface area contributed by atoms with Crippen molar-refractivity contribution in [2.75, 3.05) is 0 Å². The molecule has 47 heteroatoms. The molecule has 0 saturated heterocycles. The first-order valence-electron chi connectivity index (χ1n) is 27.1. The number of aromatic nitrogens is 12. The molecule has 12 rings (SSSR count). The summed E-state index contributed by atoms with van der Waals surface area (Å²) in [5, 5.41) is 12.1. The van der Waals surface area contributed by atoms with Crippen LogP contribution in [0.1, 0.15) is 68.9 Å². The molecule has 0 bridgehead atoms. The third kappa shape index (κ3) is 19.2. The summed E-state index contributed by atoms with van der Waals surface area (Å²) in [4.78, 5) is 108. The molecule has 566 valence electrons. The van der Waals surface area contributed by atoms with Crippen molar-refractivity contribution < 1.29 is 98.1 Å². The second-order valence-electron chi connectivity index (χ2n) is 20.1. The van der Waals surface area contributed by atoms with Gasteiger partial charge >= 0.3 is 82.2 Å². The molecular formula is C58H43AgBBr3F16N12O10S4. The minimum absolute atomic E-state index is 0. The van der Waals surface area contributed by atoms with Crippen LogP contribution in [0.25, 0.3) is 63.1 Å². The second-order valence-corrected chi connectivity index (χ2v) is 27.2. The molecular weight excluding hydrogens is 1820 g/mol. The van der Waals surface area contributed by atoms with E-state index in [1.54, 1.807) is 36.4 Å². The van der Waals surface area contributed by atoms with Gasteiger partial charge in [0.1, 0.15) is 32.2 Å². The average molecular weight is 1860 g/mol. The van der Waals surface area contributed by atoms with Crippen molar-refractivity contribution in [1.82, 2.24) is 54.0 Å². The van der Waals surface area contributed by atoms with E-state index in [1.807, 2.05) is 0 Å². The van der Waals surface area contributed by atoms with Gasteiger partial charge in [0.15, 0.2) is 6.29 Å². The van der Waals surface area contributed by atoms with Crippen molar-refractivity contribution in [3.63, 3.8) is 0 Å². The van der Waals surface area contributed by atoms with Crippen molar-refractivity contribution in [3.05, 3.63) is 226 Å². The molecule has 8 heterocycles. The van der Waals surface area contributed by atoms with Crippen LogP contribution in [-0.4, -0.2) is 73.3 Å². The van der Waals surface area contributed by atoms with Gasteiger partial charge in [-0.3, -0.25) is 50.9 Å². The van der Waals surface area contributed by atoms with Crippen molar-refractivity contribution in [1.29, 1.82) is 0 Å². The van der Waals surface area contributed by atoms with E-state index < -0.39 is 121 Å². The monoisotopic (exact) mass is 1850 g/mol. The van der Waals surface area contributed by atoms with Crippen LogP contribution < -0.4 is 45.0 Å². The van der Waals surface area contributed by atoms with Gasteiger partial charge < -0.3 is 5.11 Å². The van der Waals surface area contributed by atoms with E-state index >= 15 is 0 Å². The predicted octanol–water partition coefficient (Wildman–Crippen LogP) is 13.2. The third-order valence-electron chi connectivity index (χ3n) is 14.1. The number of aliphatic hydroxyl groups is 1. The number of hydrogen-bond donors (Lipinski definition) is 1. The van der Waals surface area contributed by atoms with Crippen molar-refractivity contribution in [2.24, 2.45) is 28.2 Å². The number of rotatable bonds is 8. The minimum atomic E-state index is -4.82. The fraction of sp³-hybridized carbons (Fsp3) is 0.224. The van der Waals surface area contributed by atoms with E-state index in [1.165, 1.54) is 59.5 Å². The van der Waals surface area contributed by atoms with Gasteiger partial charge in [0.2, 0.25) is 0 Å². The molecule has 0 aliphatic carbocycles. The Labute approximate surface area is 628 Å². The molecule has 0 fully saturated rings. The molecule has 0 saturated carbocycles. The number of carbonyl (C=O) groups excluding carboxylic acids is 1. The standard InChI is InChI=1S/C14H8Br2F3N3O2S.C14H9BrF3N3O2S.C14H10F3N3O3S.C14H8F3N3O3S.2CH4.Ag.BF2.2FH/c1-21-9(14(17,18)19)5-10(23)22(13(21)24)6-2-3-8-7(4-6)11(12(15)16)20-25-8;1-20-11(14(16,17)18)5-12(22)21(13(20)23)7-2-3-10-8(4-7)9(6-15)19-24-10;2*1-19-11(14(15,16)17)5-12(22)20(13(19)23)7-2-3-10-8(4-7)9(6-21)18-24-10;;;;2-1-3;;/h2-5,12H,1H3;2-5H,6H2,1H3;2-5,21H,6H2,1H3;2-6H,1H3;2*1H4;;;2*1H/q;;;;;;+2;;;/p-2. The number of aliphatic hydroxyl groups excluding tert-OH is 1. The zero-order valence-electron chi connectivity index (χ0n) is 51.0. The molecule has 4 aromatic carbocycles. The van der Waals surface area contributed by atoms with E-state index in [9.17, 15) is 116 Å². The Hall–Kier alpha value is -8.08. The first-order chi connectivity index (χ1) is 48.1. The number of nitrogens with zero attached hydrogens (tertiary/aromatic N) is 12. The van der Waals surface area contributed by atoms with Crippen molar-refractivity contribution >= 4 is 148 Å². The van der Waals surface area contributed by atoms with Crippen LogP contribution in [0.4, 0.5) is 67.4 Å². The van der Waals surface area contributed by atoms with Gasteiger partial charge in [0, 0.05) is 79.3 Å². The van der Waals surface area contributed by atoms with Crippen LogP contribution in [0.3, 0.4) is 0 Å². The van der Waals surface area contributed by atoms with Crippen LogP contribution in [0.2, 0.25) is 0 Å². The van der Waals surface area contributed by atoms with Gasteiger partial charge in [-0.2, -0.15) is 70.2 Å². The molecule has 0 atom stereocenters. The summed E-state index contributed by atoms with van der Waals surface area (Å²) in [5.74, 6) is 0. The second kappa shape index (κ2) is 35.5. The van der Waals surface area contributed by atoms with Gasteiger partial charge in [0.05, 0.1) is 65.2 Å². The number of hydrogen-bond acceptors (Lipinski definition) is 18. The molecule has 1 radical (unpaired) electrons. The Morgan fingerprint density at radius 1 is 0.457 bits per heavy atom. The van der Waals surface area contributed by atoms with Crippen LogP contribution in [0.5, 0.6) is 0 Å². The number of aldehydes is 1. The zero-order chi connectivity index (χ0) is 76.9. The van der Waals surface area contributed by atoms with Crippen molar-refractivity contribution in [3.8, 4) is 22.7 Å². The quantitative estimate of drug-likeness (QED) is 0.0642. The Morgan fingerprint density at radius 2 is 0.714 bits per heavy atom. The van der Waals surface area contributed by atoms with Crippen LogP contribution >= 0.6 is 93.9 Å². The molecule has 0 spiro atoms. The maximum atomic E-state index is 12.9. The summed E-state index contributed by atoms with van der Waals surface area (Å²) in [6, 6.07) is 19.8. The summed E-state index contributed by atoms with van der Waals surface area (Å²) < 4.78 is 216. The normalized spacial score (nSPS) is 11.5. The van der Waals surface area contributed by atoms with Gasteiger partial charge in [-0.1, -0.05) is 62.6 Å². The molecule has 22 nitrogen and oxygen atoms in total. The van der Waals surface area contributed by atoms with Crippen LogP contribution in [0, 0.1) is 0 Å². The van der Waals surface area contributed by atoms with E-state index in [-0.39, 0.29) is 53.6 Å². The molecule has 0 aliphatic rings. The van der Waals surface area contributed by atoms with E-state index in [0.29, 0.717) is 105 Å². The summed E-state index contributed by atoms with van der Waals surface area (Å²) in [7, 11) is 2.84. The van der Waals surface area contributed by atoms with E-state index in [4.69, 9.17) is 0 Å². The molecule has 12 aromatic rings. The fourth-order valence-corrected chi connectivity index (χ4v) is 14.0. The molecule has 0 aliphatic heterocycles. The Morgan fingerprint density at radius 3 is 1.00 bits per heavy atom. The summed E-state index contributed by atoms with van der Waals surface area (Å²) in [6.45, 7) is -0.330. The summed E-state index contributed by atoms with van der Waals surface area (Å²) in [6.07, 6.45) is -18.7. The number of halogens is 19. The zero-order valence-corrected chi connectivity index (χ0v) is 60.5. The van der Waals surface area contributed by atoms with E-state index in [0.717, 1.165) is 76.4 Å². The first kappa shape index (κ1) is 87.5. The maximum absolute atomic E-state index is 12.9. The van der Waals surface area contributed by atoms with Gasteiger partial charge in [-0.15, -0.1) is 0 Å². The third-order valence-corrected chi connectivity index (χ3v) is 18.9. The number of carbonyl (C=O) groups is 1. The Bertz CT molecular complexity index is 5540. The van der Waals surface area contributed by atoms with Gasteiger partial charge in [0.25, 0.3) is 22.2 Å². The van der Waals surface area contributed by atoms with Crippen molar-refractivity contribution in [2.45, 2.75) is 55.2 Å².